The molecule has 1 aromatic heterocycles. The molecule has 0 saturated heterocycles. The smallest absolute Gasteiger partial charge is 0.223 e. The van der Waals surface area contributed by atoms with Crippen LogP contribution in [0.4, 0.5) is 17.6 Å². The van der Waals surface area contributed by atoms with E-state index in [-0.39, 0.29) is 5.95 Å². The van der Waals surface area contributed by atoms with Crippen LogP contribution in [0.2, 0.25) is 0 Å². The third-order valence-electron chi connectivity index (χ3n) is 2.74. The second-order valence-corrected chi connectivity index (χ2v) is 4.34. The van der Waals surface area contributed by atoms with Gasteiger partial charge in [-0.2, -0.15) is 9.97 Å². The molecule has 2 aromatic rings. The number of aromatic nitrogens is 2. The molecule has 5 nitrogen and oxygen atoms in total. The van der Waals surface area contributed by atoms with Gasteiger partial charge in [0.2, 0.25) is 5.95 Å². The van der Waals surface area contributed by atoms with Gasteiger partial charge in [-0.05, 0) is 12.5 Å². The molecule has 0 atom stereocenters. The molecule has 0 unspecified atom stereocenters. The molecule has 0 saturated carbocycles. The van der Waals surface area contributed by atoms with E-state index < -0.39 is 0 Å². The number of rotatable bonds is 5. The van der Waals surface area contributed by atoms with Crippen LogP contribution in [0, 0.1) is 0 Å². The molecule has 19 heavy (non-hydrogen) atoms. The lowest BCUT2D eigenvalue weighted by atomic mass is 10.2. The molecule has 5 heteroatoms. The first-order chi connectivity index (χ1) is 9.19. The third kappa shape index (κ3) is 3.58. The third-order valence-corrected chi connectivity index (χ3v) is 2.74. The van der Waals surface area contributed by atoms with E-state index in [2.05, 4.69) is 27.4 Å². The van der Waals surface area contributed by atoms with Crippen molar-refractivity contribution in [1.29, 1.82) is 0 Å². The molecular weight excluding hydrogens is 238 g/mol. The Morgan fingerprint density at radius 2 is 1.95 bits per heavy atom. The molecule has 0 fully saturated rings. The number of hydrogen-bond donors (Lipinski definition) is 2. The summed E-state index contributed by atoms with van der Waals surface area (Å²) < 4.78 is 0. The minimum Gasteiger partial charge on any atom is -0.370 e. The van der Waals surface area contributed by atoms with Crippen molar-refractivity contribution in [3.05, 3.63) is 42.0 Å². The highest BCUT2D eigenvalue weighted by Gasteiger charge is 2.07. The fourth-order valence-electron chi connectivity index (χ4n) is 1.86. The van der Waals surface area contributed by atoms with Crippen LogP contribution < -0.4 is 16.0 Å². The molecule has 0 aliphatic rings. The first-order valence-electron chi connectivity index (χ1n) is 6.32. The molecule has 0 aliphatic carbocycles. The second kappa shape index (κ2) is 6.04. The second-order valence-electron chi connectivity index (χ2n) is 4.34. The number of nitrogens with two attached hydrogens (primary N) is 1. The van der Waals surface area contributed by atoms with Gasteiger partial charge in [0.05, 0.1) is 0 Å². The zero-order valence-electron chi connectivity index (χ0n) is 11.3. The van der Waals surface area contributed by atoms with Crippen LogP contribution in [0.5, 0.6) is 0 Å². The Morgan fingerprint density at radius 1 is 1.21 bits per heavy atom. The van der Waals surface area contributed by atoms with Crippen molar-refractivity contribution in [3.8, 4) is 0 Å². The van der Waals surface area contributed by atoms with Gasteiger partial charge in [0.15, 0.2) is 0 Å². The lowest BCUT2D eigenvalue weighted by molar-refractivity contribution is 0.893. The average Bonchev–Trinajstić information content (AvgIpc) is 2.39. The molecule has 0 amide bonds. The minimum absolute atomic E-state index is 0.286. The van der Waals surface area contributed by atoms with E-state index in [1.54, 1.807) is 0 Å². The quantitative estimate of drug-likeness (QED) is 0.859. The summed E-state index contributed by atoms with van der Waals surface area (Å²) in [6, 6.07) is 12.2. The Balaban J connectivity index is 2.16. The maximum absolute atomic E-state index is 5.73. The molecule has 0 radical (unpaired) electrons. The molecule has 1 heterocycles. The van der Waals surface area contributed by atoms with Crippen LogP contribution in [0.3, 0.4) is 0 Å². The zero-order valence-corrected chi connectivity index (χ0v) is 11.3. The van der Waals surface area contributed by atoms with Gasteiger partial charge in [0.1, 0.15) is 11.6 Å². The normalized spacial score (nSPS) is 10.2. The van der Waals surface area contributed by atoms with Crippen molar-refractivity contribution in [2.75, 3.05) is 29.5 Å². The molecule has 0 aliphatic heterocycles. The van der Waals surface area contributed by atoms with Crippen LogP contribution in [-0.4, -0.2) is 23.6 Å². The van der Waals surface area contributed by atoms with Crippen molar-refractivity contribution in [1.82, 2.24) is 9.97 Å². The lowest BCUT2D eigenvalue weighted by Gasteiger charge is -2.19. The highest BCUT2D eigenvalue weighted by molar-refractivity contribution is 5.52. The SMILES string of the molecule is CCNc1cc(N(C)Cc2ccccc2)nc(N)n1. The lowest BCUT2D eigenvalue weighted by Crippen LogP contribution is -2.19. The van der Waals surface area contributed by atoms with Gasteiger partial charge in [-0.25, -0.2) is 0 Å². The fraction of sp³-hybridized carbons (Fsp3) is 0.286. The van der Waals surface area contributed by atoms with E-state index in [1.165, 1.54) is 5.56 Å². The van der Waals surface area contributed by atoms with Gasteiger partial charge in [0.25, 0.3) is 0 Å². The Kier molecular flexibility index (Phi) is 4.18. The molecule has 1 aromatic carbocycles. The predicted octanol–water partition coefficient (Wildman–Crippen LogP) is 2.13. The monoisotopic (exact) mass is 257 g/mol. The Hall–Kier alpha value is -2.30. The van der Waals surface area contributed by atoms with E-state index in [9.17, 15) is 0 Å². The topological polar surface area (TPSA) is 67.1 Å². The number of benzene rings is 1. The standard InChI is InChI=1S/C14H19N5/c1-3-16-12-9-13(18-14(15)17-12)19(2)10-11-7-5-4-6-8-11/h4-9H,3,10H2,1-2H3,(H3,15,16,17,18). The molecular formula is C14H19N5. The number of nitrogens with zero attached hydrogens (tertiary/aromatic N) is 3. The summed E-state index contributed by atoms with van der Waals surface area (Å²) in [5, 5.41) is 3.15. The Labute approximate surface area is 113 Å². The first kappa shape index (κ1) is 13.1. The van der Waals surface area contributed by atoms with E-state index in [0.29, 0.717) is 0 Å². The highest BCUT2D eigenvalue weighted by Crippen LogP contribution is 2.17. The van der Waals surface area contributed by atoms with Crippen molar-refractivity contribution in [3.63, 3.8) is 0 Å². The molecule has 100 valence electrons. The van der Waals surface area contributed by atoms with E-state index in [4.69, 9.17) is 5.73 Å². The largest absolute Gasteiger partial charge is 0.370 e. The Bertz CT molecular complexity index is 527. The summed E-state index contributed by atoms with van der Waals surface area (Å²) >= 11 is 0. The van der Waals surface area contributed by atoms with Gasteiger partial charge in [-0.1, -0.05) is 30.3 Å². The predicted molar refractivity (Wildman–Crippen MR) is 79.2 cm³/mol. The van der Waals surface area contributed by atoms with Crippen molar-refractivity contribution < 1.29 is 0 Å². The molecule has 2 rings (SSSR count). The number of nitrogens with one attached hydrogen (secondary N) is 1. The fourth-order valence-corrected chi connectivity index (χ4v) is 1.86. The van der Waals surface area contributed by atoms with E-state index in [1.807, 2.05) is 43.1 Å². The van der Waals surface area contributed by atoms with Crippen LogP contribution in [0.25, 0.3) is 0 Å². The number of hydrogen-bond acceptors (Lipinski definition) is 5. The summed E-state index contributed by atoms with van der Waals surface area (Å²) in [4.78, 5) is 10.5. The van der Waals surface area contributed by atoms with Crippen molar-refractivity contribution >= 4 is 17.6 Å². The van der Waals surface area contributed by atoms with Gasteiger partial charge in [-0.15, -0.1) is 0 Å². The van der Waals surface area contributed by atoms with Gasteiger partial charge in [-0.3, -0.25) is 0 Å². The summed E-state index contributed by atoms with van der Waals surface area (Å²) in [5.41, 5.74) is 6.96. The van der Waals surface area contributed by atoms with Crippen LogP contribution >= 0.6 is 0 Å². The molecule has 3 N–H and O–H groups in total. The number of nitrogen functional groups attached to an aromatic ring is 1. The van der Waals surface area contributed by atoms with Crippen molar-refractivity contribution in [2.45, 2.75) is 13.5 Å². The minimum atomic E-state index is 0.286. The van der Waals surface area contributed by atoms with Crippen molar-refractivity contribution in [2.24, 2.45) is 0 Å². The van der Waals surface area contributed by atoms with Crippen LogP contribution in [0.1, 0.15) is 12.5 Å². The maximum Gasteiger partial charge on any atom is 0.223 e. The molecule has 0 spiro atoms. The van der Waals surface area contributed by atoms with Crippen LogP contribution in [-0.2, 0) is 6.54 Å². The first-order valence-corrected chi connectivity index (χ1v) is 6.32. The molecule has 0 bridgehead atoms. The number of anilines is 3. The van der Waals surface area contributed by atoms with E-state index >= 15 is 0 Å². The Morgan fingerprint density at radius 3 is 2.63 bits per heavy atom. The van der Waals surface area contributed by atoms with Gasteiger partial charge >= 0.3 is 0 Å². The summed E-state index contributed by atoms with van der Waals surface area (Å²) in [7, 11) is 1.99. The van der Waals surface area contributed by atoms with Gasteiger partial charge in [0, 0.05) is 26.2 Å². The summed E-state index contributed by atoms with van der Waals surface area (Å²) in [5.74, 6) is 1.85. The van der Waals surface area contributed by atoms with E-state index in [0.717, 1.165) is 24.7 Å². The average molecular weight is 257 g/mol. The summed E-state index contributed by atoms with van der Waals surface area (Å²) in [6.45, 7) is 3.60. The maximum atomic E-state index is 5.73. The zero-order chi connectivity index (χ0) is 13.7. The highest BCUT2D eigenvalue weighted by atomic mass is 15.2. The van der Waals surface area contributed by atoms with Crippen LogP contribution in [0.15, 0.2) is 36.4 Å². The van der Waals surface area contributed by atoms with Gasteiger partial charge < -0.3 is 16.0 Å². The summed E-state index contributed by atoms with van der Waals surface area (Å²) in [6.07, 6.45) is 0.